The molecule has 1 aliphatic heterocycles. The molecule has 1 atom stereocenters. The average molecular weight is 377 g/mol. The quantitative estimate of drug-likeness (QED) is 0.693. The second kappa shape index (κ2) is 9.43. The lowest BCUT2D eigenvalue weighted by Crippen LogP contribution is -2.44. The topological polar surface area (TPSA) is 48.0 Å². The van der Waals surface area contributed by atoms with E-state index in [2.05, 4.69) is 21.8 Å². The van der Waals surface area contributed by atoms with Crippen LogP contribution in [0.2, 0.25) is 0 Å². The van der Waals surface area contributed by atoms with Crippen molar-refractivity contribution in [2.45, 2.75) is 19.3 Å². The van der Waals surface area contributed by atoms with E-state index in [4.69, 9.17) is 9.47 Å². The fourth-order valence-electron chi connectivity index (χ4n) is 2.89. The molecule has 2 aromatic rings. The van der Waals surface area contributed by atoms with E-state index in [0.29, 0.717) is 13.2 Å². The second-order valence-corrected chi connectivity index (χ2v) is 6.21. The van der Waals surface area contributed by atoms with Gasteiger partial charge in [-0.3, -0.25) is 4.90 Å². The number of hydrogen-bond acceptors (Lipinski definition) is 5. The van der Waals surface area contributed by atoms with E-state index in [-0.39, 0.29) is 24.0 Å². The number of ether oxygens (including phenoxy) is 3. The zero-order chi connectivity index (χ0) is 19.1. The van der Waals surface area contributed by atoms with Crippen molar-refractivity contribution in [2.75, 3.05) is 26.3 Å². The smallest absolute Gasteiger partial charge is 0.387 e. The lowest BCUT2D eigenvalue weighted by Gasteiger charge is -2.32. The van der Waals surface area contributed by atoms with Gasteiger partial charge in [0, 0.05) is 19.6 Å². The highest BCUT2D eigenvalue weighted by atomic mass is 19.3. The number of hydrogen-bond donors (Lipinski definition) is 0. The van der Waals surface area contributed by atoms with Crippen LogP contribution in [0.15, 0.2) is 54.6 Å². The van der Waals surface area contributed by atoms with E-state index >= 15 is 0 Å². The Morgan fingerprint density at radius 1 is 1.15 bits per heavy atom. The molecule has 7 heteroatoms. The number of carbonyl (C=O) groups is 1. The molecule has 0 saturated carbocycles. The highest BCUT2D eigenvalue weighted by molar-refractivity contribution is 5.89. The molecule has 0 radical (unpaired) electrons. The average Bonchev–Trinajstić information content (AvgIpc) is 2.67. The highest BCUT2D eigenvalue weighted by Crippen LogP contribution is 2.16. The summed E-state index contributed by atoms with van der Waals surface area (Å²) in [6.45, 7) is 0.132. The number of benzene rings is 2. The first-order valence-corrected chi connectivity index (χ1v) is 8.70. The maximum atomic E-state index is 12.1. The molecular formula is C20H21F2NO4. The van der Waals surface area contributed by atoms with E-state index in [1.54, 1.807) is 0 Å². The van der Waals surface area contributed by atoms with Gasteiger partial charge in [-0.1, -0.05) is 30.3 Å². The predicted molar refractivity (Wildman–Crippen MR) is 94.8 cm³/mol. The van der Waals surface area contributed by atoms with Gasteiger partial charge in [-0.05, 0) is 29.8 Å². The summed E-state index contributed by atoms with van der Waals surface area (Å²) >= 11 is 0. The summed E-state index contributed by atoms with van der Waals surface area (Å²) < 4.78 is 39.5. The molecule has 0 aromatic heterocycles. The molecule has 0 aliphatic carbocycles. The largest absolute Gasteiger partial charge is 0.459 e. The minimum absolute atomic E-state index is 0.00582. The molecule has 0 N–H and O–H groups in total. The first-order chi connectivity index (χ1) is 13.1. The minimum Gasteiger partial charge on any atom is -0.459 e. The van der Waals surface area contributed by atoms with Gasteiger partial charge in [0.2, 0.25) is 0 Å². The van der Waals surface area contributed by atoms with Crippen LogP contribution in [0.1, 0.15) is 15.9 Å². The molecule has 27 heavy (non-hydrogen) atoms. The van der Waals surface area contributed by atoms with E-state index in [1.165, 1.54) is 29.8 Å². The first kappa shape index (κ1) is 19.3. The summed E-state index contributed by atoms with van der Waals surface area (Å²) in [4.78, 5) is 14.4. The summed E-state index contributed by atoms with van der Waals surface area (Å²) in [5.41, 5.74) is 1.50. The highest BCUT2D eigenvalue weighted by Gasteiger charge is 2.22. The molecule has 3 rings (SSSR count). The minimum atomic E-state index is -2.90. The van der Waals surface area contributed by atoms with Gasteiger partial charge in [0.25, 0.3) is 0 Å². The van der Waals surface area contributed by atoms with Crippen LogP contribution in [0, 0.1) is 0 Å². The Labute approximate surface area is 156 Å². The molecule has 0 bridgehead atoms. The van der Waals surface area contributed by atoms with Crippen molar-refractivity contribution < 1.29 is 27.8 Å². The van der Waals surface area contributed by atoms with Gasteiger partial charge in [-0.2, -0.15) is 8.78 Å². The van der Waals surface area contributed by atoms with Crippen LogP contribution in [0.4, 0.5) is 8.78 Å². The third kappa shape index (κ3) is 6.01. The number of carbonyl (C=O) groups excluding carboxylic acids is 1. The molecule has 0 amide bonds. The number of halogens is 2. The van der Waals surface area contributed by atoms with E-state index in [9.17, 15) is 13.6 Å². The van der Waals surface area contributed by atoms with Crippen molar-refractivity contribution >= 4 is 5.97 Å². The van der Waals surface area contributed by atoms with Gasteiger partial charge in [-0.25, -0.2) is 4.79 Å². The van der Waals surface area contributed by atoms with Crippen molar-refractivity contribution in [3.8, 4) is 5.75 Å². The van der Waals surface area contributed by atoms with E-state index in [0.717, 1.165) is 13.1 Å². The van der Waals surface area contributed by atoms with Crippen molar-refractivity contribution in [2.24, 2.45) is 0 Å². The van der Waals surface area contributed by atoms with E-state index in [1.807, 2.05) is 18.2 Å². The summed E-state index contributed by atoms with van der Waals surface area (Å²) in [6, 6.07) is 15.5. The molecule has 1 saturated heterocycles. The Bertz CT molecular complexity index is 725. The molecule has 1 aliphatic rings. The van der Waals surface area contributed by atoms with Crippen LogP contribution in [0.25, 0.3) is 0 Å². The monoisotopic (exact) mass is 377 g/mol. The molecule has 144 valence electrons. The molecular weight excluding hydrogens is 356 g/mol. The standard InChI is InChI=1S/C20H21F2NO4/c21-20(22)27-17-8-6-16(7-9-17)19(24)26-14-18-13-23(10-11-25-18)12-15-4-2-1-3-5-15/h1-9,18,20H,10-14H2. The molecule has 1 fully saturated rings. The Morgan fingerprint density at radius 3 is 2.59 bits per heavy atom. The van der Waals surface area contributed by atoms with Gasteiger partial charge < -0.3 is 14.2 Å². The molecule has 2 aromatic carbocycles. The lowest BCUT2D eigenvalue weighted by molar-refractivity contribution is -0.0612. The normalized spacial score (nSPS) is 17.7. The van der Waals surface area contributed by atoms with Crippen LogP contribution in [-0.2, 0) is 16.0 Å². The SMILES string of the molecule is O=C(OCC1CN(Cc2ccccc2)CCO1)c1ccc(OC(F)F)cc1. The maximum Gasteiger partial charge on any atom is 0.387 e. The van der Waals surface area contributed by atoms with Crippen LogP contribution in [0.3, 0.4) is 0 Å². The number of morpholine rings is 1. The lowest BCUT2D eigenvalue weighted by atomic mass is 10.2. The summed E-state index contributed by atoms with van der Waals surface area (Å²) in [6.07, 6.45) is -0.201. The van der Waals surface area contributed by atoms with Crippen molar-refractivity contribution in [1.29, 1.82) is 0 Å². The Morgan fingerprint density at radius 2 is 1.89 bits per heavy atom. The summed E-state index contributed by atoms with van der Waals surface area (Å²) in [7, 11) is 0. The molecule has 5 nitrogen and oxygen atoms in total. The number of rotatable bonds is 7. The van der Waals surface area contributed by atoms with Crippen LogP contribution in [0.5, 0.6) is 5.75 Å². The van der Waals surface area contributed by atoms with Gasteiger partial charge in [-0.15, -0.1) is 0 Å². The number of alkyl halides is 2. The van der Waals surface area contributed by atoms with Gasteiger partial charge >= 0.3 is 12.6 Å². The van der Waals surface area contributed by atoms with Crippen molar-refractivity contribution in [3.63, 3.8) is 0 Å². The van der Waals surface area contributed by atoms with Crippen LogP contribution < -0.4 is 4.74 Å². The molecule has 1 unspecified atom stereocenters. The summed E-state index contributed by atoms with van der Waals surface area (Å²) in [5.74, 6) is -0.531. The zero-order valence-electron chi connectivity index (χ0n) is 14.7. The van der Waals surface area contributed by atoms with Crippen molar-refractivity contribution in [3.05, 3.63) is 65.7 Å². The summed E-state index contributed by atoms with van der Waals surface area (Å²) in [5, 5.41) is 0. The predicted octanol–water partition coefficient (Wildman–Crippen LogP) is 3.35. The zero-order valence-corrected chi connectivity index (χ0v) is 14.7. The fourth-order valence-corrected chi connectivity index (χ4v) is 2.89. The van der Waals surface area contributed by atoms with E-state index < -0.39 is 12.6 Å². The molecule has 1 heterocycles. The third-order valence-corrected chi connectivity index (χ3v) is 4.19. The fraction of sp³-hybridized carbons (Fsp3) is 0.350. The Kier molecular flexibility index (Phi) is 6.73. The van der Waals surface area contributed by atoms with Gasteiger partial charge in [0.05, 0.1) is 12.2 Å². The van der Waals surface area contributed by atoms with Crippen LogP contribution in [-0.4, -0.2) is 49.9 Å². The number of esters is 1. The first-order valence-electron chi connectivity index (χ1n) is 8.70. The van der Waals surface area contributed by atoms with Gasteiger partial charge in [0.1, 0.15) is 18.5 Å². The second-order valence-electron chi connectivity index (χ2n) is 6.21. The van der Waals surface area contributed by atoms with Crippen LogP contribution >= 0.6 is 0 Å². The maximum absolute atomic E-state index is 12.1. The third-order valence-electron chi connectivity index (χ3n) is 4.19. The Hall–Kier alpha value is -2.51. The van der Waals surface area contributed by atoms with Crippen molar-refractivity contribution in [1.82, 2.24) is 4.90 Å². The Balaban J connectivity index is 1.46. The molecule has 0 spiro atoms. The number of nitrogens with zero attached hydrogens (tertiary/aromatic N) is 1. The van der Waals surface area contributed by atoms with Gasteiger partial charge in [0.15, 0.2) is 0 Å².